The van der Waals surface area contributed by atoms with Crippen LogP contribution in [-0.4, -0.2) is 48.5 Å². The monoisotopic (exact) mass is 508 g/mol. The lowest BCUT2D eigenvalue weighted by molar-refractivity contribution is -0.127. The van der Waals surface area contributed by atoms with E-state index in [9.17, 15) is 18.8 Å². The number of nitrogens with zero attached hydrogens (tertiary/aromatic N) is 2. The minimum Gasteiger partial charge on any atom is -0.496 e. The molecule has 196 valence electrons. The van der Waals surface area contributed by atoms with Crippen molar-refractivity contribution in [1.82, 2.24) is 10.2 Å². The van der Waals surface area contributed by atoms with Crippen LogP contribution in [0.2, 0.25) is 0 Å². The number of rotatable bonds is 7. The van der Waals surface area contributed by atoms with Crippen LogP contribution in [0.15, 0.2) is 42.1 Å². The van der Waals surface area contributed by atoms with E-state index < -0.39 is 30.2 Å². The van der Waals surface area contributed by atoms with Crippen LogP contribution in [0.1, 0.15) is 57.6 Å². The molecule has 1 fully saturated rings. The van der Waals surface area contributed by atoms with Crippen molar-refractivity contribution >= 4 is 35.3 Å². The number of ether oxygens (including phenoxy) is 1. The van der Waals surface area contributed by atoms with Crippen LogP contribution in [-0.2, 0) is 9.59 Å². The number of para-hydroxylation sites is 1. The van der Waals surface area contributed by atoms with E-state index in [2.05, 4.69) is 43.2 Å². The zero-order valence-corrected chi connectivity index (χ0v) is 21.9. The Bertz CT molecular complexity index is 1270. The third-order valence-corrected chi connectivity index (χ3v) is 6.90. The van der Waals surface area contributed by atoms with Gasteiger partial charge in [0, 0.05) is 29.4 Å². The molecule has 2 aromatic rings. The summed E-state index contributed by atoms with van der Waals surface area (Å²) in [6.45, 7) is 9.19. The molecular formula is C28H33FN4O4. The second kappa shape index (κ2) is 10.2. The molecular weight excluding hydrogens is 475 g/mol. The van der Waals surface area contributed by atoms with Gasteiger partial charge in [0.15, 0.2) is 0 Å². The van der Waals surface area contributed by atoms with Gasteiger partial charge in [-0.3, -0.25) is 9.59 Å². The largest absolute Gasteiger partial charge is 0.496 e. The number of urea groups is 1. The number of carbonyl (C=O) groups excluding carboxylic acids is 3. The van der Waals surface area contributed by atoms with Gasteiger partial charge in [0.2, 0.25) is 5.91 Å². The Morgan fingerprint density at radius 3 is 2.68 bits per heavy atom. The summed E-state index contributed by atoms with van der Waals surface area (Å²) < 4.78 is 19.5. The summed E-state index contributed by atoms with van der Waals surface area (Å²) in [7, 11) is 1.57. The number of carbonyl (C=O) groups is 3. The molecule has 0 radical (unpaired) electrons. The molecule has 2 N–H and O–H groups in total. The average molecular weight is 509 g/mol. The standard InChI is InChI=1S/C28H33FN4O4/c1-6-11-33-23-14-24(37-5)18(12-19(23)17(2)15-28(33,3)4)13-22-26(35)32(27(36)31-22)16-25(34)30-21-10-8-7-9-20(21)29/h7-10,12-14,17H,6,11,15-16H2,1-5H3,(H,30,34)(H,31,36)/b22-13+. The maximum atomic E-state index is 13.9. The summed E-state index contributed by atoms with van der Waals surface area (Å²) in [4.78, 5) is 41.2. The Kier molecular flexibility index (Phi) is 7.25. The van der Waals surface area contributed by atoms with Crippen molar-refractivity contribution in [3.63, 3.8) is 0 Å². The number of methoxy groups -OCH3 is 1. The second-order valence-electron chi connectivity index (χ2n) is 10.1. The molecule has 0 bridgehead atoms. The van der Waals surface area contributed by atoms with Gasteiger partial charge in [0.25, 0.3) is 5.91 Å². The zero-order valence-electron chi connectivity index (χ0n) is 21.9. The van der Waals surface area contributed by atoms with Gasteiger partial charge in [0.05, 0.1) is 12.8 Å². The van der Waals surface area contributed by atoms with E-state index in [1.54, 1.807) is 19.3 Å². The lowest BCUT2D eigenvalue weighted by atomic mass is 9.79. The molecule has 2 aliphatic rings. The van der Waals surface area contributed by atoms with Crippen LogP contribution in [0.5, 0.6) is 5.75 Å². The molecule has 0 saturated carbocycles. The molecule has 1 unspecified atom stereocenters. The molecule has 1 saturated heterocycles. The van der Waals surface area contributed by atoms with Crippen molar-refractivity contribution in [2.75, 3.05) is 30.4 Å². The van der Waals surface area contributed by atoms with Crippen molar-refractivity contribution in [3.05, 3.63) is 59.0 Å². The summed E-state index contributed by atoms with van der Waals surface area (Å²) in [5.74, 6) is -1.07. The Balaban J connectivity index is 1.60. The number of hydrogen-bond acceptors (Lipinski definition) is 5. The van der Waals surface area contributed by atoms with E-state index in [1.807, 2.05) is 12.1 Å². The van der Waals surface area contributed by atoms with Crippen LogP contribution in [0.4, 0.5) is 20.6 Å². The summed E-state index contributed by atoms with van der Waals surface area (Å²) in [5, 5.41) is 4.94. The number of hydrogen-bond donors (Lipinski definition) is 2. The van der Waals surface area contributed by atoms with E-state index in [0.717, 1.165) is 35.5 Å². The smallest absolute Gasteiger partial charge is 0.329 e. The topological polar surface area (TPSA) is 91.0 Å². The van der Waals surface area contributed by atoms with Gasteiger partial charge < -0.3 is 20.3 Å². The minimum absolute atomic E-state index is 0.00739. The van der Waals surface area contributed by atoms with Crippen molar-refractivity contribution in [1.29, 1.82) is 0 Å². The molecule has 4 amide bonds. The molecule has 37 heavy (non-hydrogen) atoms. The fourth-order valence-electron chi connectivity index (χ4n) is 5.23. The Labute approximate surface area is 216 Å². The Morgan fingerprint density at radius 1 is 1.27 bits per heavy atom. The maximum Gasteiger partial charge on any atom is 0.329 e. The lowest BCUT2D eigenvalue weighted by Gasteiger charge is -2.47. The zero-order chi connectivity index (χ0) is 26.9. The van der Waals surface area contributed by atoms with Gasteiger partial charge in [-0.25, -0.2) is 14.1 Å². The molecule has 0 aliphatic carbocycles. The number of anilines is 2. The van der Waals surface area contributed by atoms with Gasteiger partial charge in [-0.05, 0) is 62.4 Å². The van der Waals surface area contributed by atoms with Gasteiger partial charge in [-0.15, -0.1) is 0 Å². The first-order chi connectivity index (χ1) is 17.6. The lowest BCUT2D eigenvalue weighted by Crippen LogP contribution is -2.48. The van der Waals surface area contributed by atoms with Crippen molar-refractivity contribution in [3.8, 4) is 5.75 Å². The number of nitrogens with one attached hydrogen (secondary N) is 2. The molecule has 0 spiro atoms. The number of imide groups is 1. The van der Waals surface area contributed by atoms with Crippen LogP contribution in [0, 0.1) is 5.82 Å². The predicted molar refractivity (Wildman–Crippen MR) is 141 cm³/mol. The van der Waals surface area contributed by atoms with Crippen molar-refractivity contribution in [2.24, 2.45) is 0 Å². The quantitative estimate of drug-likeness (QED) is 0.412. The summed E-state index contributed by atoms with van der Waals surface area (Å²) in [6, 6.07) is 8.96. The SMILES string of the molecule is CCCN1c2cc(OC)c(/C=C3/NC(=O)N(CC(=O)Nc4ccccc4F)C3=O)cc2C(C)CC1(C)C. The van der Waals surface area contributed by atoms with E-state index in [0.29, 0.717) is 11.3 Å². The van der Waals surface area contributed by atoms with Crippen LogP contribution < -0.4 is 20.3 Å². The molecule has 2 aliphatic heterocycles. The van der Waals surface area contributed by atoms with Gasteiger partial charge in [-0.2, -0.15) is 0 Å². The van der Waals surface area contributed by atoms with E-state index in [4.69, 9.17) is 4.74 Å². The van der Waals surface area contributed by atoms with E-state index >= 15 is 0 Å². The predicted octanol–water partition coefficient (Wildman–Crippen LogP) is 4.87. The highest BCUT2D eigenvalue weighted by molar-refractivity contribution is 6.16. The highest BCUT2D eigenvalue weighted by Crippen LogP contribution is 2.46. The average Bonchev–Trinajstić information content (AvgIpc) is 3.10. The van der Waals surface area contributed by atoms with Crippen LogP contribution in [0.25, 0.3) is 6.08 Å². The molecule has 4 rings (SSSR count). The molecule has 2 heterocycles. The molecule has 9 heteroatoms. The Morgan fingerprint density at radius 2 is 2.00 bits per heavy atom. The number of halogens is 1. The number of fused-ring (bicyclic) bond motifs is 1. The summed E-state index contributed by atoms with van der Waals surface area (Å²) >= 11 is 0. The number of amides is 4. The maximum absolute atomic E-state index is 13.9. The first kappa shape index (κ1) is 26.2. The molecule has 8 nitrogen and oxygen atoms in total. The fraction of sp³-hybridized carbons (Fsp3) is 0.393. The van der Waals surface area contributed by atoms with E-state index in [-0.39, 0.29) is 22.8 Å². The molecule has 2 aromatic carbocycles. The Hall–Kier alpha value is -3.88. The second-order valence-corrected chi connectivity index (χ2v) is 10.1. The number of benzene rings is 2. The van der Waals surface area contributed by atoms with Gasteiger partial charge in [0.1, 0.15) is 23.8 Å². The van der Waals surface area contributed by atoms with E-state index in [1.165, 1.54) is 18.2 Å². The van der Waals surface area contributed by atoms with Crippen LogP contribution in [0.3, 0.4) is 0 Å². The fourth-order valence-corrected chi connectivity index (χ4v) is 5.23. The molecule has 1 atom stereocenters. The highest BCUT2D eigenvalue weighted by atomic mass is 19.1. The van der Waals surface area contributed by atoms with Crippen LogP contribution >= 0.6 is 0 Å². The third-order valence-electron chi connectivity index (χ3n) is 6.90. The van der Waals surface area contributed by atoms with Gasteiger partial charge in [-0.1, -0.05) is 26.0 Å². The summed E-state index contributed by atoms with van der Waals surface area (Å²) in [5.41, 5.74) is 2.92. The molecule has 0 aromatic heterocycles. The third kappa shape index (κ3) is 5.16. The highest BCUT2D eigenvalue weighted by Gasteiger charge is 2.38. The minimum atomic E-state index is -0.721. The normalized spacial score (nSPS) is 19.6. The van der Waals surface area contributed by atoms with Crippen molar-refractivity contribution in [2.45, 2.75) is 52.0 Å². The van der Waals surface area contributed by atoms with Crippen molar-refractivity contribution < 1.29 is 23.5 Å². The first-order valence-electron chi connectivity index (χ1n) is 12.4. The first-order valence-corrected chi connectivity index (χ1v) is 12.4. The van der Waals surface area contributed by atoms with Gasteiger partial charge >= 0.3 is 6.03 Å². The summed E-state index contributed by atoms with van der Waals surface area (Å²) in [6.07, 6.45) is 3.56.